The van der Waals surface area contributed by atoms with Crippen molar-refractivity contribution in [1.29, 1.82) is 0 Å². The molecule has 0 unspecified atom stereocenters. The average Bonchev–Trinajstić information content (AvgIpc) is 2.73. The zero-order valence-corrected chi connectivity index (χ0v) is 17.6. The molecule has 1 aliphatic carbocycles. The molecule has 1 N–H and O–H groups in total. The largest absolute Gasteiger partial charge is 0.455 e. The number of ether oxygens (including phenoxy) is 1. The van der Waals surface area contributed by atoms with Crippen LogP contribution in [-0.4, -0.2) is 60.4 Å². The summed E-state index contributed by atoms with van der Waals surface area (Å²) in [5.74, 6) is -0.924. The van der Waals surface area contributed by atoms with Gasteiger partial charge in [0.15, 0.2) is 6.61 Å². The van der Waals surface area contributed by atoms with E-state index in [0.29, 0.717) is 19.0 Å². The Morgan fingerprint density at radius 3 is 2.52 bits per heavy atom. The lowest BCUT2D eigenvalue weighted by Gasteiger charge is -2.31. The summed E-state index contributed by atoms with van der Waals surface area (Å²) >= 11 is 1.20. The number of nitrogens with one attached hydrogen (secondary N) is 1. The van der Waals surface area contributed by atoms with E-state index in [1.807, 2.05) is 7.05 Å². The number of thioether (sulfide) groups is 1. The molecule has 0 saturated heterocycles. The molecule has 0 aromatic heterocycles. The third-order valence-electron chi connectivity index (χ3n) is 4.97. The number of nitrogens with zero attached hydrogens (tertiary/aromatic N) is 1. The summed E-state index contributed by atoms with van der Waals surface area (Å²) in [7, 11) is 1.83. The third-order valence-corrected chi connectivity index (χ3v) is 5.87. The van der Waals surface area contributed by atoms with Crippen molar-refractivity contribution in [2.75, 3.05) is 31.7 Å². The Bertz CT molecular complexity index is 678. The second kappa shape index (κ2) is 12.5. The van der Waals surface area contributed by atoms with Crippen LogP contribution in [-0.2, 0) is 25.5 Å². The lowest BCUT2D eigenvalue weighted by molar-refractivity contribution is -0.145. The minimum atomic E-state index is -0.517. The molecule has 1 aromatic rings. The number of carbonyl (C=O) groups excluding carboxylic acids is 3. The topological polar surface area (TPSA) is 75.7 Å². The van der Waals surface area contributed by atoms with E-state index in [1.165, 1.54) is 30.3 Å². The molecule has 0 radical (unpaired) electrons. The van der Waals surface area contributed by atoms with Gasteiger partial charge in [-0.05, 0) is 37.0 Å². The second-order valence-electron chi connectivity index (χ2n) is 7.18. The number of amides is 2. The molecule has 0 spiro atoms. The van der Waals surface area contributed by atoms with Gasteiger partial charge in [0.1, 0.15) is 5.82 Å². The molecule has 160 valence electrons. The van der Waals surface area contributed by atoms with Crippen LogP contribution in [0.3, 0.4) is 0 Å². The van der Waals surface area contributed by atoms with Crippen molar-refractivity contribution in [2.45, 2.75) is 44.6 Å². The molecule has 0 heterocycles. The van der Waals surface area contributed by atoms with Crippen molar-refractivity contribution < 1.29 is 23.5 Å². The molecular formula is C21H29FN2O4S. The minimum absolute atomic E-state index is 0.0215. The van der Waals surface area contributed by atoms with Gasteiger partial charge in [0.05, 0.1) is 11.5 Å². The van der Waals surface area contributed by atoms with Gasteiger partial charge in [-0.1, -0.05) is 31.4 Å². The SMILES string of the molecule is CN(C(=O)CSCC(=O)OCC(=O)NCCc1ccc(F)cc1)C1CCCCC1. The van der Waals surface area contributed by atoms with Crippen LogP contribution in [0, 0.1) is 5.82 Å². The number of benzene rings is 1. The van der Waals surface area contributed by atoms with E-state index in [4.69, 9.17) is 4.74 Å². The Morgan fingerprint density at radius 2 is 1.83 bits per heavy atom. The summed E-state index contributed by atoms with van der Waals surface area (Å²) in [5.41, 5.74) is 0.906. The van der Waals surface area contributed by atoms with Crippen molar-refractivity contribution in [3.63, 3.8) is 0 Å². The minimum Gasteiger partial charge on any atom is -0.455 e. The van der Waals surface area contributed by atoms with Crippen LogP contribution >= 0.6 is 11.8 Å². The van der Waals surface area contributed by atoms with Crippen LogP contribution in [0.4, 0.5) is 4.39 Å². The first-order valence-electron chi connectivity index (χ1n) is 9.96. The summed E-state index contributed by atoms with van der Waals surface area (Å²) in [5, 5.41) is 2.65. The maximum absolute atomic E-state index is 12.8. The molecule has 1 aromatic carbocycles. The van der Waals surface area contributed by atoms with Gasteiger partial charge in [0, 0.05) is 19.6 Å². The van der Waals surface area contributed by atoms with Crippen LogP contribution in [0.25, 0.3) is 0 Å². The van der Waals surface area contributed by atoms with Gasteiger partial charge in [0.2, 0.25) is 5.91 Å². The zero-order valence-electron chi connectivity index (χ0n) is 16.8. The fourth-order valence-corrected chi connectivity index (χ4v) is 3.96. The number of hydrogen-bond donors (Lipinski definition) is 1. The highest BCUT2D eigenvalue weighted by molar-refractivity contribution is 8.00. The second-order valence-corrected chi connectivity index (χ2v) is 8.16. The van der Waals surface area contributed by atoms with Gasteiger partial charge in [-0.3, -0.25) is 14.4 Å². The molecule has 0 aliphatic heterocycles. The monoisotopic (exact) mass is 424 g/mol. The quantitative estimate of drug-likeness (QED) is 0.584. The highest BCUT2D eigenvalue weighted by atomic mass is 32.2. The van der Waals surface area contributed by atoms with Crippen molar-refractivity contribution in [1.82, 2.24) is 10.2 Å². The number of rotatable bonds is 10. The molecule has 1 aliphatic rings. The summed E-state index contributed by atoms with van der Waals surface area (Å²) in [6.45, 7) is 0.0253. The number of halogens is 1. The normalized spacial score (nSPS) is 14.3. The van der Waals surface area contributed by atoms with E-state index in [1.54, 1.807) is 17.0 Å². The van der Waals surface area contributed by atoms with Crippen LogP contribution in [0.1, 0.15) is 37.7 Å². The van der Waals surface area contributed by atoms with Crippen LogP contribution in [0.2, 0.25) is 0 Å². The summed E-state index contributed by atoms with van der Waals surface area (Å²) in [6, 6.07) is 6.36. The molecule has 2 rings (SSSR count). The Morgan fingerprint density at radius 1 is 1.14 bits per heavy atom. The summed E-state index contributed by atoms with van der Waals surface area (Å²) < 4.78 is 17.8. The van der Waals surface area contributed by atoms with Gasteiger partial charge in [-0.15, -0.1) is 11.8 Å². The Hall–Kier alpha value is -2.09. The molecule has 0 bridgehead atoms. The van der Waals surface area contributed by atoms with E-state index in [0.717, 1.165) is 31.2 Å². The third kappa shape index (κ3) is 8.85. The molecule has 1 fully saturated rings. The molecule has 8 heteroatoms. The smallest absolute Gasteiger partial charge is 0.316 e. The highest BCUT2D eigenvalue weighted by Crippen LogP contribution is 2.22. The molecule has 0 atom stereocenters. The van der Waals surface area contributed by atoms with Crippen LogP contribution < -0.4 is 5.32 Å². The van der Waals surface area contributed by atoms with Crippen LogP contribution in [0.15, 0.2) is 24.3 Å². The summed E-state index contributed by atoms with van der Waals surface area (Å²) in [4.78, 5) is 37.5. The van der Waals surface area contributed by atoms with E-state index in [9.17, 15) is 18.8 Å². The first kappa shape index (κ1) is 23.2. The zero-order chi connectivity index (χ0) is 21.1. The van der Waals surface area contributed by atoms with Crippen molar-refractivity contribution in [3.05, 3.63) is 35.6 Å². The lowest BCUT2D eigenvalue weighted by atomic mass is 9.94. The van der Waals surface area contributed by atoms with E-state index in [-0.39, 0.29) is 29.8 Å². The Kier molecular flexibility index (Phi) is 9.97. The number of hydrogen-bond acceptors (Lipinski definition) is 5. The van der Waals surface area contributed by atoms with Gasteiger partial charge in [0.25, 0.3) is 5.91 Å². The van der Waals surface area contributed by atoms with Crippen molar-refractivity contribution >= 4 is 29.5 Å². The van der Waals surface area contributed by atoms with Gasteiger partial charge in [-0.2, -0.15) is 0 Å². The number of esters is 1. The lowest BCUT2D eigenvalue weighted by Crippen LogP contribution is -2.39. The fraction of sp³-hybridized carbons (Fsp3) is 0.571. The van der Waals surface area contributed by atoms with Gasteiger partial charge < -0.3 is 15.0 Å². The predicted molar refractivity (Wildman–Crippen MR) is 111 cm³/mol. The standard InChI is InChI=1S/C21H29FN2O4S/c1-24(18-5-3-2-4-6-18)20(26)14-29-15-21(27)28-13-19(25)23-12-11-16-7-9-17(22)10-8-16/h7-10,18H,2-6,11-15H2,1H3,(H,23,25). The molecular weight excluding hydrogens is 395 g/mol. The Labute approximate surface area is 175 Å². The molecule has 29 heavy (non-hydrogen) atoms. The maximum Gasteiger partial charge on any atom is 0.316 e. The van der Waals surface area contributed by atoms with Crippen LogP contribution in [0.5, 0.6) is 0 Å². The average molecular weight is 425 g/mol. The summed E-state index contributed by atoms with van der Waals surface area (Å²) in [6.07, 6.45) is 6.21. The highest BCUT2D eigenvalue weighted by Gasteiger charge is 2.22. The van der Waals surface area contributed by atoms with Gasteiger partial charge >= 0.3 is 5.97 Å². The molecule has 6 nitrogen and oxygen atoms in total. The Balaban J connectivity index is 1.53. The molecule has 1 saturated carbocycles. The van der Waals surface area contributed by atoms with E-state index >= 15 is 0 Å². The first-order valence-corrected chi connectivity index (χ1v) is 11.1. The van der Waals surface area contributed by atoms with Crippen molar-refractivity contribution in [2.24, 2.45) is 0 Å². The predicted octanol–water partition coefficient (Wildman–Crippen LogP) is 2.55. The molecule has 2 amide bonds. The maximum atomic E-state index is 12.8. The van der Waals surface area contributed by atoms with Gasteiger partial charge in [-0.25, -0.2) is 4.39 Å². The van der Waals surface area contributed by atoms with E-state index < -0.39 is 11.9 Å². The van der Waals surface area contributed by atoms with E-state index in [2.05, 4.69) is 5.32 Å². The fourth-order valence-electron chi connectivity index (χ4n) is 3.23. The number of carbonyl (C=O) groups is 3. The first-order chi connectivity index (χ1) is 14.0. The van der Waals surface area contributed by atoms with Crippen molar-refractivity contribution in [3.8, 4) is 0 Å².